The second-order valence-corrected chi connectivity index (χ2v) is 4.61. The van der Waals surface area contributed by atoms with Gasteiger partial charge in [-0.05, 0) is 25.6 Å². The molecule has 6 nitrogen and oxygen atoms in total. The number of rotatable bonds is 6. The van der Waals surface area contributed by atoms with Crippen molar-refractivity contribution < 1.29 is 9.59 Å². The summed E-state index contributed by atoms with van der Waals surface area (Å²) in [7, 11) is 3.30. The van der Waals surface area contributed by atoms with E-state index in [9.17, 15) is 9.59 Å². The van der Waals surface area contributed by atoms with Crippen LogP contribution in [0.5, 0.6) is 0 Å². The minimum atomic E-state index is -0.418. The van der Waals surface area contributed by atoms with Crippen molar-refractivity contribution in [2.45, 2.75) is 19.5 Å². The Balaban J connectivity index is 2.68. The van der Waals surface area contributed by atoms with E-state index in [1.807, 2.05) is 24.3 Å². The Morgan fingerprint density at radius 1 is 1.35 bits per heavy atom. The highest BCUT2D eigenvalue weighted by atomic mass is 16.2. The van der Waals surface area contributed by atoms with Crippen molar-refractivity contribution in [2.24, 2.45) is 5.73 Å². The quantitative estimate of drug-likeness (QED) is 0.691. The third-order valence-corrected chi connectivity index (χ3v) is 3.21. The van der Waals surface area contributed by atoms with Crippen LogP contribution in [0.15, 0.2) is 24.3 Å². The molecule has 2 amide bonds. The molecular weight excluding hydrogens is 256 g/mol. The zero-order valence-electron chi connectivity index (χ0n) is 12.1. The minimum absolute atomic E-state index is 0.130. The van der Waals surface area contributed by atoms with Crippen LogP contribution in [0.4, 0.5) is 5.69 Å². The van der Waals surface area contributed by atoms with Gasteiger partial charge < -0.3 is 16.4 Å². The van der Waals surface area contributed by atoms with Crippen LogP contribution < -0.4 is 16.4 Å². The van der Waals surface area contributed by atoms with Crippen LogP contribution in [-0.4, -0.2) is 43.4 Å². The maximum absolute atomic E-state index is 12.2. The average molecular weight is 278 g/mol. The van der Waals surface area contributed by atoms with E-state index in [2.05, 4.69) is 10.6 Å². The van der Waals surface area contributed by atoms with Gasteiger partial charge in [0, 0.05) is 19.3 Å². The Morgan fingerprint density at radius 2 is 2.00 bits per heavy atom. The molecule has 1 aromatic rings. The van der Waals surface area contributed by atoms with Gasteiger partial charge in [0.15, 0.2) is 0 Å². The zero-order chi connectivity index (χ0) is 15.1. The molecule has 0 bridgehead atoms. The van der Waals surface area contributed by atoms with Crippen LogP contribution in [-0.2, 0) is 16.1 Å². The molecule has 0 heterocycles. The second kappa shape index (κ2) is 7.62. The smallest absolute Gasteiger partial charge is 0.241 e. The summed E-state index contributed by atoms with van der Waals surface area (Å²) in [6.07, 6.45) is 0. The molecule has 1 unspecified atom stereocenters. The second-order valence-electron chi connectivity index (χ2n) is 4.61. The number of para-hydroxylation sites is 1. The van der Waals surface area contributed by atoms with E-state index in [1.165, 1.54) is 0 Å². The minimum Gasteiger partial charge on any atom is -0.358 e. The largest absolute Gasteiger partial charge is 0.358 e. The van der Waals surface area contributed by atoms with Gasteiger partial charge >= 0.3 is 0 Å². The first-order valence-corrected chi connectivity index (χ1v) is 6.49. The average Bonchev–Trinajstić information content (AvgIpc) is 2.46. The molecule has 0 saturated heterocycles. The summed E-state index contributed by atoms with van der Waals surface area (Å²) in [6.45, 7) is 2.28. The predicted octanol–water partition coefficient (Wildman–Crippen LogP) is 0.150. The van der Waals surface area contributed by atoms with E-state index in [4.69, 9.17) is 5.73 Å². The van der Waals surface area contributed by atoms with Gasteiger partial charge in [-0.15, -0.1) is 0 Å². The Hall–Kier alpha value is -1.92. The molecule has 1 rings (SSSR count). The Kier molecular flexibility index (Phi) is 6.14. The van der Waals surface area contributed by atoms with Gasteiger partial charge in [0.25, 0.3) is 0 Å². The molecule has 4 N–H and O–H groups in total. The van der Waals surface area contributed by atoms with Crippen LogP contribution in [0.3, 0.4) is 0 Å². The summed E-state index contributed by atoms with van der Waals surface area (Å²) >= 11 is 0. The molecule has 0 aliphatic rings. The van der Waals surface area contributed by atoms with Crippen molar-refractivity contribution in [1.29, 1.82) is 0 Å². The highest BCUT2D eigenvalue weighted by Crippen LogP contribution is 2.14. The number of carbonyl (C=O) groups excluding carboxylic acids is 2. The summed E-state index contributed by atoms with van der Waals surface area (Å²) in [6, 6.07) is 6.98. The van der Waals surface area contributed by atoms with Crippen LogP contribution in [0.1, 0.15) is 12.5 Å². The third-order valence-electron chi connectivity index (χ3n) is 3.21. The molecule has 0 fully saturated rings. The lowest BCUT2D eigenvalue weighted by atomic mass is 10.1. The van der Waals surface area contributed by atoms with Gasteiger partial charge in [0.05, 0.1) is 12.6 Å². The fourth-order valence-electron chi connectivity index (χ4n) is 1.70. The van der Waals surface area contributed by atoms with Crippen LogP contribution >= 0.6 is 0 Å². The number of amides is 2. The highest BCUT2D eigenvalue weighted by Gasteiger charge is 2.20. The van der Waals surface area contributed by atoms with Crippen molar-refractivity contribution in [3.8, 4) is 0 Å². The number of carbonyl (C=O) groups is 2. The summed E-state index contributed by atoms with van der Waals surface area (Å²) in [5.41, 5.74) is 7.22. The van der Waals surface area contributed by atoms with Crippen LogP contribution in [0, 0.1) is 0 Å². The lowest BCUT2D eigenvalue weighted by Gasteiger charge is -2.23. The molecule has 0 aromatic heterocycles. The monoisotopic (exact) mass is 278 g/mol. The van der Waals surface area contributed by atoms with E-state index in [0.717, 1.165) is 5.56 Å². The summed E-state index contributed by atoms with van der Waals surface area (Å²) in [5.74, 6) is -0.299. The molecule has 0 aliphatic heterocycles. The fraction of sp³-hybridized carbons (Fsp3) is 0.429. The van der Waals surface area contributed by atoms with E-state index < -0.39 is 6.04 Å². The number of anilines is 1. The molecule has 0 saturated carbocycles. The Bertz CT molecular complexity index is 476. The number of nitrogens with two attached hydrogens (primary N) is 1. The van der Waals surface area contributed by atoms with Crippen molar-refractivity contribution >= 4 is 17.5 Å². The molecule has 0 spiro atoms. The lowest BCUT2D eigenvalue weighted by molar-refractivity contribution is -0.124. The van der Waals surface area contributed by atoms with Gasteiger partial charge in [0.1, 0.15) is 0 Å². The molecule has 1 aromatic carbocycles. The van der Waals surface area contributed by atoms with Crippen LogP contribution in [0.25, 0.3) is 0 Å². The first kappa shape index (κ1) is 16.1. The highest BCUT2D eigenvalue weighted by molar-refractivity contribution is 5.95. The van der Waals surface area contributed by atoms with Crippen molar-refractivity contribution in [3.05, 3.63) is 29.8 Å². The number of nitrogens with zero attached hydrogens (tertiary/aromatic N) is 1. The van der Waals surface area contributed by atoms with Gasteiger partial charge in [-0.3, -0.25) is 14.5 Å². The Labute approximate surface area is 119 Å². The predicted molar refractivity (Wildman–Crippen MR) is 79.1 cm³/mol. The number of nitrogens with one attached hydrogen (secondary N) is 2. The molecule has 0 radical (unpaired) electrons. The number of likely N-dealkylation sites (N-methyl/N-ethyl adjacent to an activating group) is 2. The lowest BCUT2D eigenvalue weighted by Crippen LogP contribution is -2.44. The first-order valence-electron chi connectivity index (χ1n) is 6.49. The van der Waals surface area contributed by atoms with Gasteiger partial charge in [-0.25, -0.2) is 0 Å². The molecule has 20 heavy (non-hydrogen) atoms. The van der Waals surface area contributed by atoms with E-state index in [1.54, 1.807) is 25.9 Å². The maximum Gasteiger partial charge on any atom is 0.241 e. The van der Waals surface area contributed by atoms with Gasteiger partial charge in [-0.1, -0.05) is 18.2 Å². The zero-order valence-corrected chi connectivity index (χ0v) is 12.1. The first-order chi connectivity index (χ1) is 9.49. The topological polar surface area (TPSA) is 87.5 Å². The van der Waals surface area contributed by atoms with E-state index >= 15 is 0 Å². The van der Waals surface area contributed by atoms with E-state index in [0.29, 0.717) is 12.2 Å². The number of benzene rings is 1. The molecule has 1 atom stereocenters. The summed E-state index contributed by atoms with van der Waals surface area (Å²) in [4.78, 5) is 25.2. The maximum atomic E-state index is 12.2. The SMILES string of the molecule is CNC(=O)CN(C)C(C)C(=O)Nc1ccccc1CN. The summed E-state index contributed by atoms with van der Waals surface area (Å²) in [5, 5.41) is 5.37. The third kappa shape index (κ3) is 4.32. The number of hydrogen-bond donors (Lipinski definition) is 3. The normalized spacial score (nSPS) is 12.1. The van der Waals surface area contributed by atoms with Crippen molar-refractivity contribution in [1.82, 2.24) is 10.2 Å². The molecule has 0 aliphatic carbocycles. The molecular formula is C14H22N4O2. The Morgan fingerprint density at radius 3 is 2.60 bits per heavy atom. The number of hydrogen-bond acceptors (Lipinski definition) is 4. The van der Waals surface area contributed by atoms with Crippen molar-refractivity contribution in [3.63, 3.8) is 0 Å². The molecule has 110 valence electrons. The standard InChI is InChI=1S/C14H22N4O2/c1-10(18(3)9-13(19)16-2)14(20)17-12-7-5-4-6-11(12)8-15/h4-7,10H,8-9,15H2,1-3H3,(H,16,19)(H,17,20). The van der Waals surface area contributed by atoms with Crippen LogP contribution in [0.2, 0.25) is 0 Å². The van der Waals surface area contributed by atoms with Gasteiger partial charge in [0.2, 0.25) is 11.8 Å². The molecule has 6 heteroatoms. The fourth-order valence-corrected chi connectivity index (χ4v) is 1.70. The van der Waals surface area contributed by atoms with Gasteiger partial charge in [-0.2, -0.15) is 0 Å². The summed E-state index contributed by atoms with van der Waals surface area (Å²) < 4.78 is 0. The van der Waals surface area contributed by atoms with Crippen molar-refractivity contribution in [2.75, 3.05) is 26.0 Å². The van der Waals surface area contributed by atoms with E-state index in [-0.39, 0.29) is 18.4 Å².